The summed E-state index contributed by atoms with van der Waals surface area (Å²) in [6.07, 6.45) is 1.81. The van der Waals surface area contributed by atoms with Crippen LogP contribution in [-0.4, -0.2) is 9.97 Å². The van der Waals surface area contributed by atoms with E-state index in [1.165, 1.54) is 16.3 Å². The van der Waals surface area contributed by atoms with Gasteiger partial charge in [-0.25, -0.2) is 0 Å². The summed E-state index contributed by atoms with van der Waals surface area (Å²) < 4.78 is 0. The molecule has 0 amide bonds. The molecule has 0 N–H and O–H groups in total. The third-order valence-electron chi connectivity index (χ3n) is 2.98. The van der Waals surface area contributed by atoms with Gasteiger partial charge in [-0.2, -0.15) is 0 Å². The molecule has 16 heavy (non-hydrogen) atoms. The normalized spacial score (nSPS) is 11.1. The average Bonchev–Trinajstić information content (AvgIpc) is 2.28. The fraction of sp³-hybridized carbons (Fsp3) is 0.143. The second-order valence-electron chi connectivity index (χ2n) is 4.13. The van der Waals surface area contributed by atoms with Gasteiger partial charge in [-0.3, -0.25) is 9.97 Å². The topological polar surface area (TPSA) is 25.8 Å². The highest BCUT2D eigenvalue weighted by atomic mass is 14.7. The summed E-state index contributed by atoms with van der Waals surface area (Å²) in [6, 6.07) is 10.4. The molecule has 0 aliphatic heterocycles. The Morgan fingerprint density at radius 3 is 2.69 bits per heavy atom. The van der Waals surface area contributed by atoms with Gasteiger partial charge >= 0.3 is 0 Å². The zero-order valence-electron chi connectivity index (χ0n) is 9.36. The minimum absolute atomic E-state index is 1.01. The van der Waals surface area contributed by atoms with E-state index in [2.05, 4.69) is 41.2 Å². The molecule has 0 bridgehead atoms. The van der Waals surface area contributed by atoms with Gasteiger partial charge in [0.1, 0.15) is 0 Å². The minimum atomic E-state index is 1.01. The van der Waals surface area contributed by atoms with Crippen LogP contribution in [0.15, 0.2) is 36.5 Å². The second-order valence-corrected chi connectivity index (χ2v) is 4.13. The molecule has 2 nitrogen and oxygen atoms in total. The van der Waals surface area contributed by atoms with Crippen LogP contribution in [0.1, 0.15) is 11.3 Å². The number of hydrogen-bond donors (Lipinski definition) is 0. The first-order chi connectivity index (χ1) is 7.74. The van der Waals surface area contributed by atoms with E-state index in [-0.39, 0.29) is 0 Å². The van der Waals surface area contributed by atoms with Crippen molar-refractivity contribution in [3.8, 4) is 0 Å². The molecule has 78 valence electrons. The first-order valence-electron chi connectivity index (χ1n) is 5.37. The van der Waals surface area contributed by atoms with Crippen molar-refractivity contribution in [3.63, 3.8) is 0 Å². The van der Waals surface area contributed by atoms with Crippen LogP contribution in [0.3, 0.4) is 0 Å². The van der Waals surface area contributed by atoms with Gasteiger partial charge < -0.3 is 0 Å². The van der Waals surface area contributed by atoms with Crippen LogP contribution in [-0.2, 0) is 0 Å². The fourth-order valence-electron chi connectivity index (χ4n) is 1.95. The Hall–Kier alpha value is -1.96. The molecule has 0 spiro atoms. The maximum Gasteiger partial charge on any atom is 0.0727 e. The average molecular weight is 208 g/mol. The molecule has 0 unspecified atom stereocenters. The summed E-state index contributed by atoms with van der Waals surface area (Å²) in [5, 5.41) is 2.35. The van der Waals surface area contributed by atoms with E-state index in [0.29, 0.717) is 0 Å². The lowest BCUT2D eigenvalue weighted by Crippen LogP contribution is -1.89. The number of pyridine rings is 2. The van der Waals surface area contributed by atoms with E-state index >= 15 is 0 Å². The summed E-state index contributed by atoms with van der Waals surface area (Å²) in [7, 11) is 0. The first-order valence-corrected chi connectivity index (χ1v) is 5.37. The van der Waals surface area contributed by atoms with Gasteiger partial charge in [0.2, 0.25) is 0 Å². The highest BCUT2D eigenvalue weighted by molar-refractivity contribution is 5.94. The van der Waals surface area contributed by atoms with Gasteiger partial charge in [-0.15, -0.1) is 0 Å². The summed E-state index contributed by atoms with van der Waals surface area (Å²) >= 11 is 0. The van der Waals surface area contributed by atoms with Gasteiger partial charge in [0, 0.05) is 22.7 Å². The largest absolute Gasteiger partial charge is 0.256 e. The number of rotatable bonds is 0. The second kappa shape index (κ2) is 3.27. The lowest BCUT2D eigenvalue weighted by atomic mass is 10.1. The number of nitrogens with zero attached hydrogens (tertiary/aromatic N) is 2. The van der Waals surface area contributed by atoms with Crippen LogP contribution < -0.4 is 0 Å². The molecule has 0 aliphatic rings. The minimum Gasteiger partial charge on any atom is -0.256 e. The number of fused-ring (bicyclic) bond motifs is 2. The quantitative estimate of drug-likeness (QED) is 0.529. The molecule has 2 heteroatoms. The van der Waals surface area contributed by atoms with E-state index in [1.54, 1.807) is 0 Å². The highest BCUT2D eigenvalue weighted by Crippen LogP contribution is 2.21. The summed E-state index contributed by atoms with van der Waals surface area (Å²) in [4.78, 5) is 8.93. The third-order valence-corrected chi connectivity index (χ3v) is 2.98. The van der Waals surface area contributed by atoms with Gasteiger partial charge in [-0.05, 0) is 43.7 Å². The van der Waals surface area contributed by atoms with Crippen LogP contribution >= 0.6 is 0 Å². The lowest BCUT2D eigenvalue weighted by Gasteiger charge is -2.04. The number of hydrogen-bond acceptors (Lipinski definition) is 2. The van der Waals surface area contributed by atoms with Gasteiger partial charge in [0.15, 0.2) is 0 Å². The third kappa shape index (κ3) is 1.34. The molecule has 0 saturated carbocycles. The maximum absolute atomic E-state index is 4.59. The lowest BCUT2D eigenvalue weighted by molar-refractivity contribution is 1.20. The SMILES string of the molecule is Cc1cc2cc3cccnc3cc2nc1C. The Bertz CT molecular complexity index is 627. The van der Waals surface area contributed by atoms with Crippen molar-refractivity contribution in [1.82, 2.24) is 9.97 Å². The van der Waals surface area contributed by atoms with Crippen molar-refractivity contribution in [2.75, 3.05) is 0 Å². The Morgan fingerprint density at radius 1 is 0.938 bits per heavy atom. The number of aryl methyl sites for hydroxylation is 2. The standard InChI is InChI=1S/C14H12N2/c1-9-6-12-7-11-4-3-5-15-13(11)8-14(12)16-10(9)2/h3-8H,1-2H3. The number of aromatic nitrogens is 2. The summed E-state index contributed by atoms with van der Waals surface area (Å²) in [6.45, 7) is 4.13. The predicted octanol–water partition coefficient (Wildman–Crippen LogP) is 3.40. The Kier molecular flexibility index (Phi) is 1.90. The van der Waals surface area contributed by atoms with Crippen LogP contribution in [0.25, 0.3) is 21.8 Å². The first kappa shape index (κ1) is 9.28. The van der Waals surface area contributed by atoms with Crippen molar-refractivity contribution in [2.45, 2.75) is 13.8 Å². The Morgan fingerprint density at radius 2 is 1.81 bits per heavy atom. The van der Waals surface area contributed by atoms with E-state index < -0.39 is 0 Å². The highest BCUT2D eigenvalue weighted by Gasteiger charge is 2.02. The van der Waals surface area contributed by atoms with E-state index in [9.17, 15) is 0 Å². The molecule has 3 aromatic rings. The zero-order valence-corrected chi connectivity index (χ0v) is 9.36. The predicted molar refractivity (Wildman–Crippen MR) is 66.5 cm³/mol. The van der Waals surface area contributed by atoms with Crippen LogP contribution in [0.4, 0.5) is 0 Å². The molecule has 0 aliphatic carbocycles. The molecule has 0 saturated heterocycles. The fourth-order valence-corrected chi connectivity index (χ4v) is 1.95. The van der Waals surface area contributed by atoms with Crippen LogP contribution in [0.5, 0.6) is 0 Å². The van der Waals surface area contributed by atoms with Crippen molar-refractivity contribution >= 4 is 21.8 Å². The van der Waals surface area contributed by atoms with Crippen LogP contribution in [0.2, 0.25) is 0 Å². The molecule has 0 fully saturated rings. The Balaban J connectivity index is 2.46. The van der Waals surface area contributed by atoms with Crippen molar-refractivity contribution in [3.05, 3.63) is 47.8 Å². The van der Waals surface area contributed by atoms with Gasteiger partial charge in [-0.1, -0.05) is 6.07 Å². The number of benzene rings is 1. The summed E-state index contributed by atoms with van der Waals surface area (Å²) in [5.74, 6) is 0. The monoisotopic (exact) mass is 208 g/mol. The molecule has 3 rings (SSSR count). The van der Waals surface area contributed by atoms with Gasteiger partial charge in [0.25, 0.3) is 0 Å². The molecule has 0 radical (unpaired) electrons. The van der Waals surface area contributed by atoms with Crippen LogP contribution in [0, 0.1) is 13.8 Å². The molecule has 1 aromatic carbocycles. The molecule has 2 heterocycles. The van der Waals surface area contributed by atoms with Crippen molar-refractivity contribution in [1.29, 1.82) is 0 Å². The zero-order chi connectivity index (χ0) is 11.1. The Labute approximate surface area is 94.0 Å². The van der Waals surface area contributed by atoms with E-state index in [1.807, 2.05) is 19.2 Å². The maximum atomic E-state index is 4.59. The van der Waals surface area contributed by atoms with Gasteiger partial charge in [0.05, 0.1) is 11.0 Å². The molecular weight excluding hydrogens is 196 g/mol. The van der Waals surface area contributed by atoms with E-state index in [4.69, 9.17) is 0 Å². The van der Waals surface area contributed by atoms with E-state index in [0.717, 1.165) is 16.7 Å². The molecule has 0 atom stereocenters. The molecular formula is C14H12N2. The summed E-state index contributed by atoms with van der Waals surface area (Å²) in [5.41, 5.74) is 4.35. The molecule has 2 aromatic heterocycles. The smallest absolute Gasteiger partial charge is 0.0727 e. The van der Waals surface area contributed by atoms with Crippen molar-refractivity contribution in [2.24, 2.45) is 0 Å². The van der Waals surface area contributed by atoms with Crippen molar-refractivity contribution < 1.29 is 0 Å².